The molecule has 192 valence electrons. The molecule has 0 aromatic heterocycles. The predicted octanol–water partition coefficient (Wildman–Crippen LogP) is 7.89. The maximum atomic E-state index is 13.1. The first kappa shape index (κ1) is 26.6. The Bertz CT molecular complexity index is 1310. The van der Waals surface area contributed by atoms with Gasteiger partial charge in [-0.3, -0.25) is 0 Å². The van der Waals surface area contributed by atoms with Gasteiger partial charge in [-0.25, -0.2) is 9.59 Å². The van der Waals surface area contributed by atoms with Gasteiger partial charge in [0.25, 0.3) is 0 Å². The van der Waals surface area contributed by atoms with E-state index in [2.05, 4.69) is 70.8 Å². The fourth-order valence-electron chi connectivity index (χ4n) is 4.44. The quantitative estimate of drug-likeness (QED) is 0.183. The molecule has 1 aliphatic carbocycles. The standard InChI is InChI=1S/C32H36O4Si/c1-21-7-9-24(10-8-21)29-19-22(2)23(3)28-16-13-26(20-30(28)29)32(34)36-27-14-11-25(12-15-27)31(33)35-17-18-37(4,5)6/h7-16,19-20,22-23H,17-18H2,1-6H3. The molecule has 3 aromatic rings. The van der Waals surface area contributed by atoms with Gasteiger partial charge in [0.15, 0.2) is 0 Å². The van der Waals surface area contributed by atoms with Crippen molar-refractivity contribution in [3.05, 3.63) is 106 Å². The van der Waals surface area contributed by atoms with E-state index in [1.165, 1.54) is 11.1 Å². The molecule has 2 atom stereocenters. The molecule has 0 heterocycles. The number of fused-ring (bicyclic) bond motifs is 1. The van der Waals surface area contributed by atoms with Crippen LogP contribution in [0.3, 0.4) is 0 Å². The summed E-state index contributed by atoms with van der Waals surface area (Å²) in [6, 6.07) is 21.8. The van der Waals surface area contributed by atoms with Gasteiger partial charge in [0, 0.05) is 8.07 Å². The van der Waals surface area contributed by atoms with Crippen LogP contribution in [0.2, 0.25) is 25.7 Å². The first-order valence-corrected chi connectivity index (χ1v) is 16.6. The van der Waals surface area contributed by atoms with Gasteiger partial charge in [0.2, 0.25) is 0 Å². The van der Waals surface area contributed by atoms with Gasteiger partial charge in [-0.05, 0) is 83.5 Å². The molecule has 0 bridgehead atoms. The Morgan fingerprint density at radius 1 is 0.838 bits per heavy atom. The highest BCUT2D eigenvalue weighted by molar-refractivity contribution is 6.76. The number of carbonyl (C=O) groups is 2. The largest absolute Gasteiger partial charge is 0.462 e. The molecule has 0 saturated heterocycles. The van der Waals surface area contributed by atoms with Crippen molar-refractivity contribution < 1.29 is 19.1 Å². The van der Waals surface area contributed by atoms with Crippen LogP contribution in [-0.4, -0.2) is 26.6 Å². The summed E-state index contributed by atoms with van der Waals surface area (Å²) in [5.41, 5.74) is 6.74. The van der Waals surface area contributed by atoms with Crippen LogP contribution in [0.1, 0.15) is 62.7 Å². The van der Waals surface area contributed by atoms with Gasteiger partial charge in [-0.1, -0.05) is 75.5 Å². The molecule has 37 heavy (non-hydrogen) atoms. The van der Waals surface area contributed by atoms with Crippen LogP contribution in [0.4, 0.5) is 0 Å². The Morgan fingerprint density at radius 2 is 1.49 bits per heavy atom. The van der Waals surface area contributed by atoms with E-state index >= 15 is 0 Å². The van der Waals surface area contributed by atoms with E-state index in [-0.39, 0.29) is 5.97 Å². The number of hydrogen-bond donors (Lipinski definition) is 0. The topological polar surface area (TPSA) is 52.6 Å². The minimum Gasteiger partial charge on any atom is -0.462 e. The predicted molar refractivity (Wildman–Crippen MR) is 152 cm³/mol. The fraction of sp³-hybridized carbons (Fsp3) is 0.312. The van der Waals surface area contributed by atoms with E-state index in [0.29, 0.717) is 35.3 Å². The molecule has 5 heteroatoms. The van der Waals surface area contributed by atoms with Crippen molar-refractivity contribution in [1.29, 1.82) is 0 Å². The third-order valence-corrected chi connectivity index (χ3v) is 8.74. The Labute approximate surface area is 221 Å². The zero-order chi connectivity index (χ0) is 26.7. The number of benzene rings is 3. The summed E-state index contributed by atoms with van der Waals surface area (Å²) in [6.45, 7) is 13.7. The number of rotatable bonds is 7. The highest BCUT2D eigenvalue weighted by atomic mass is 28.3. The van der Waals surface area contributed by atoms with Crippen molar-refractivity contribution >= 4 is 25.6 Å². The highest BCUT2D eigenvalue weighted by Crippen LogP contribution is 2.41. The molecule has 1 aliphatic rings. The second kappa shape index (κ2) is 10.9. The van der Waals surface area contributed by atoms with E-state index in [1.54, 1.807) is 24.3 Å². The number of esters is 2. The number of hydrogen-bond acceptors (Lipinski definition) is 4. The second-order valence-electron chi connectivity index (χ2n) is 11.3. The Balaban J connectivity index is 1.50. The highest BCUT2D eigenvalue weighted by Gasteiger charge is 2.26. The van der Waals surface area contributed by atoms with Gasteiger partial charge in [0.05, 0.1) is 17.7 Å². The maximum absolute atomic E-state index is 13.1. The number of carbonyl (C=O) groups excluding carboxylic acids is 2. The average molecular weight is 513 g/mol. The van der Waals surface area contributed by atoms with Gasteiger partial charge in [0.1, 0.15) is 5.75 Å². The first-order valence-electron chi connectivity index (χ1n) is 12.9. The van der Waals surface area contributed by atoms with E-state index < -0.39 is 14.0 Å². The second-order valence-corrected chi connectivity index (χ2v) is 16.9. The summed E-state index contributed by atoms with van der Waals surface area (Å²) < 4.78 is 11.1. The minimum atomic E-state index is -1.27. The summed E-state index contributed by atoms with van der Waals surface area (Å²) in [5.74, 6) is 0.347. The third kappa shape index (κ3) is 6.47. The SMILES string of the molecule is Cc1ccc(C2=CC(C)C(C)c3ccc(C(=O)Oc4ccc(C(=O)OCC[Si](C)(C)C)cc4)cc32)cc1. The Hall–Kier alpha value is -3.44. The average Bonchev–Trinajstić information content (AvgIpc) is 2.86. The lowest BCUT2D eigenvalue weighted by molar-refractivity contribution is 0.0525. The first-order chi connectivity index (χ1) is 17.5. The van der Waals surface area contributed by atoms with Gasteiger partial charge < -0.3 is 9.47 Å². The van der Waals surface area contributed by atoms with Crippen LogP contribution in [0.5, 0.6) is 5.75 Å². The number of aryl methyl sites for hydroxylation is 1. The Morgan fingerprint density at radius 3 is 2.14 bits per heavy atom. The zero-order valence-corrected chi connectivity index (χ0v) is 23.6. The third-order valence-electron chi connectivity index (χ3n) is 7.04. The molecule has 0 aliphatic heterocycles. The molecule has 4 nitrogen and oxygen atoms in total. The van der Waals surface area contributed by atoms with Crippen molar-refractivity contribution in [1.82, 2.24) is 0 Å². The van der Waals surface area contributed by atoms with Crippen molar-refractivity contribution in [2.24, 2.45) is 5.92 Å². The molecule has 2 unspecified atom stereocenters. The summed E-state index contributed by atoms with van der Waals surface area (Å²) in [7, 11) is -1.27. The smallest absolute Gasteiger partial charge is 0.343 e. The summed E-state index contributed by atoms with van der Waals surface area (Å²) in [6.07, 6.45) is 2.30. The zero-order valence-electron chi connectivity index (χ0n) is 22.6. The minimum absolute atomic E-state index is 0.354. The molecule has 0 saturated carbocycles. The number of allylic oxidation sites excluding steroid dienone is 1. The molecule has 0 radical (unpaired) electrons. The van der Waals surface area contributed by atoms with Crippen LogP contribution in [-0.2, 0) is 4.74 Å². The van der Waals surface area contributed by atoms with Crippen LogP contribution < -0.4 is 4.74 Å². The van der Waals surface area contributed by atoms with E-state index in [4.69, 9.17) is 9.47 Å². The van der Waals surface area contributed by atoms with Crippen LogP contribution >= 0.6 is 0 Å². The molecule has 0 spiro atoms. The van der Waals surface area contributed by atoms with Gasteiger partial charge in [-0.2, -0.15) is 0 Å². The molecule has 3 aromatic carbocycles. The molecular weight excluding hydrogens is 476 g/mol. The van der Waals surface area contributed by atoms with E-state index in [9.17, 15) is 9.59 Å². The lowest BCUT2D eigenvalue weighted by Crippen LogP contribution is -2.22. The van der Waals surface area contributed by atoms with Crippen LogP contribution in [0.15, 0.2) is 72.8 Å². The van der Waals surface area contributed by atoms with Crippen molar-refractivity contribution in [2.75, 3.05) is 6.61 Å². The van der Waals surface area contributed by atoms with E-state index in [1.807, 2.05) is 18.2 Å². The monoisotopic (exact) mass is 512 g/mol. The maximum Gasteiger partial charge on any atom is 0.343 e. The molecule has 0 N–H and O–H groups in total. The van der Waals surface area contributed by atoms with Crippen molar-refractivity contribution in [3.63, 3.8) is 0 Å². The van der Waals surface area contributed by atoms with Gasteiger partial charge in [-0.15, -0.1) is 0 Å². The Kier molecular flexibility index (Phi) is 7.84. The van der Waals surface area contributed by atoms with Crippen molar-refractivity contribution in [2.45, 2.75) is 52.4 Å². The van der Waals surface area contributed by atoms with Crippen LogP contribution in [0.25, 0.3) is 5.57 Å². The molecule has 0 amide bonds. The summed E-state index contributed by atoms with van der Waals surface area (Å²) in [4.78, 5) is 25.4. The van der Waals surface area contributed by atoms with E-state index in [0.717, 1.165) is 22.7 Å². The molecule has 4 rings (SSSR count). The lowest BCUT2D eigenvalue weighted by atomic mass is 9.76. The summed E-state index contributed by atoms with van der Waals surface area (Å²) >= 11 is 0. The summed E-state index contributed by atoms with van der Waals surface area (Å²) in [5, 5.41) is 0. The van der Waals surface area contributed by atoms with Gasteiger partial charge >= 0.3 is 11.9 Å². The molecular formula is C32H36O4Si. The molecule has 0 fully saturated rings. The number of ether oxygens (including phenoxy) is 2. The van der Waals surface area contributed by atoms with Crippen LogP contribution in [0, 0.1) is 12.8 Å². The van der Waals surface area contributed by atoms with Crippen molar-refractivity contribution in [3.8, 4) is 5.75 Å². The fourth-order valence-corrected chi connectivity index (χ4v) is 5.15. The normalized spacial score (nSPS) is 17.0. The lowest BCUT2D eigenvalue weighted by Gasteiger charge is -2.29.